The lowest BCUT2D eigenvalue weighted by Gasteiger charge is -2.25. The number of benzene rings is 1. The Morgan fingerprint density at radius 1 is 1.29 bits per heavy atom. The molecule has 1 aromatic carbocycles. The summed E-state index contributed by atoms with van der Waals surface area (Å²) in [6.45, 7) is 2.41. The molecule has 7 heteroatoms. The normalized spacial score (nSPS) is 22.7. The van der Waals surface area contributed by atoms with E-state index in [-0.39, 0.29) is 18.3 Å². The van der Waals surface area contributed by atoms with Crippen LogP contribution in [0.2, 0.25) is 5.02 Å². The largest absolute Gasteiger partial charge is 0.490 e. The molecule has 2 heterocycles. The van der Waals surface area contributed by atoms with E-state index >= 15 is 0 Å². The summed E-state index contributed by atoms with van der Waals surface area (Å²) in [5, 5.41) is 4.13. The van der Waals surface area contributed by atoms with Crippen LogP contribution >= 0.6 is 24.0 Å². The zero-order valence-electron chi connectivity index (χ0n) is 13.8. The van der Waals surface area contributed by atoms with Gasteiger partial charge in [-0.2, -0.15) is 0 Å². The van der Waals surface area contributed by atoms with E-state index in [2.05, 4.69) is 5.32 Å². The molecular formula is C17H24Cl2N2O3. The van der Waals surface area contributed by atoms with Gasteiger partial charge in [0.05, 0.1) is 12.2 Å². The summed E-state index contributed by atoms with van der Waals surface area (Å²) in [5.74, 6) is 0.563. The van der Waals surface area contributed by atoms with Gasteiger partial charge in [0.1, 0.15) is 12.4 Å². The molecule has 2 fully saturated rings. The molecule has 2 atom stereocenters. The molecule has 2 unspecified atom stereocenters. The van der Waals surface area contributed by atoms with Gasteiger partial charge in [-0.3, -0.25) is 4.79 Å². The summed E-state index contributed by atoms with van der Waals surface area (Å²) in [6.07, 6.45) is 3.36. The minimum absolute atomic E-state index is 0. The average molecular weight is 375 g/mol. The summed E-state index contributed by atoms with van der Waals surface area (Å²) < 4.78 is 10.7. The molecule has 24 heavy (non-hydrogen) atoms. The van der Waals surface area contributed by atoms with Crippen molar-refractivity contribution in [2.45, 2.75) is 31.3 Å². The van der Waals surface area contributed by atoms with Crippen LogP contribution in [0.4, 0.5) is 0 Å². The minimum atomic E-state index is -0.00531. The second kappa shape index (κ2) is 8.90. The summed E-state index contributed by atoms with van der Waals surface area (Å²) in [4.78, 5) is 14.9. The van der Waals surface area contributed by atoms with Gasteiger partial charge in [-0.05, 0) is 37.5 Å². The van der Waals surface area contributed by atoms with Crippen LogP contribution < -0.4 is 10.1 Å². The lowest BCUT2D eigenvalue weighted by Crippen LogP contribution is -2.39. The van der Waals surface area contributed by atoms with Crippen LogP contribution in [0, 0.1) is 0 Å². The van der Waals surface area contributed by atoms with Crippen molar-refractivity contribution < 1.29 is 14.3 Å². The molecule has 0 saturated carbocycles. The van der Waals surface area contributed by atoms with Crippen LogP contribution in [0.5, 0.6) is 5.75 Å². The second-order valence-corrected chi connectivity index (χ2v) is 6.60. The van der Waals surface area contributed by atoms with Gasteiger partial charge in [0.15, 0.2) is 0 Å². The molecule has 2 bridgehead atoms. The van der Waals surface area contributed by atoms with Crippen LogP contribution in [0.15, 0.2) is 18.2 Å². The predicted octanol–water partition coefficient (Wildman–Crippen LogP) is 2.75. The van der Waals surface area contributed by atoms with Crippen molar-refractivity contribution in [3.8, 4) is 5.75 Å². The number of nitrogens with zero attached hydrogens (tertiary/aromatic N) is 1. The number of nitrogens with one attached hydrogen (secondary N) is 1. The highest BCUT2D eigenvalue weighted by molar-refractivity contribution is 6.31. The fourth-order valence-electron chi connectivity index (χ4n) is 3.33. The molecule has 0 spiro atoms. The van der Waals surface area contributed by atoms with Crippen molar-refractivity contribution in [2.24, 2.45) is 0 Å². The quantitative estimate of drug-likeness (QED) is 0.805. The molecule has 2 aliphatic rings. The predicted molar refractivity (Wildman–Crippen MR) is 96.5 cm³/mol. The SMILES string of the molecule is COCCOc1ccc(Cl)cc1C(=O)N1CCC2CCC(C1)N2.Cl. The van der Waals surface area contributed by atoms with Crippen LogP contribution in [0.3, 0.4) is 0 Å². The van der Waals surface area contributed by atoms with E-state index in [4.69, 9.17) is 21.1 Å². The summed E-state index contributed by atoms with van der Waals surface area (Å²) >= 11 is 6.09. The maximum absolute atomic E-state index is 13.0. The Bertz CT molecular complexity index is 571. The Hall–Kier alpha value is -1.01. The second-order valence-electron chi connectivity index (χ2n) is 6.16. The average Bonchev–Trinajstić information content (AvgIpc) is 2.87. The van der Waals surface area contributed by atoms with Crippen LogP contribution in [-0.2, 0) is 4.74 Å². The Morgan fingerprint density at radius 3 is 2.88 bits per heavy atom. The number of carbonyl (C=O) groups excluding carboxylic acids is 1. The van der Waals surface area contributed by atoms with Crippen molar-refractivity contribution in [3.05, 3.63) is 28.8 Å². The van der Waals surface area contributed by atoms with Crippen molar-refractivity contribution >= 4 is 29.9 Å². The molecule has 3 rings (SSSR count). The fourth-order valence-corrected chi connectivity index (χ4v) is 3.50. The Morgan fingerprint density at radius 2 is 2.08 bits per heavy atom. The maximum atomic E-state index is 13.0. The van der Waals surface area contributed by atoms with Gasteiger partial charge in [-0.1, -0.05) is 11.6 Å². The van der Waals surface area contributed by atoms with Gasteiger partial charge in [0, 0.05) is 37.3 Å². The summed E-state index contributed by atoms with van der Waals surface area (Å²) in [7, 11) is 1.62. The number of rotatable bonds is 5. The van der Waals surface area contributed by atoms with Crippen molar-refractivity contribution in [3.63, 3.8) is 0 Å². The molecular weight excluding hydrogens is 351 g/mol. The number of hydrogen-bond acceptors (Lipinski definition) is 4. The number of halogens is 2. The smallest absolute Gasteiger partial charge is 0.257 e. The van der Waals surface area contributed by atoms with E-state index < -0.39 is 0 Å². The van der Waals surface area contributed by atoms with E-state index in [0.29, 0.717) is 41.6 Å². The molecule has 134 valence electrons. The van der Waals surface area contributed by atoms with Crippen LogP contribution in [-0.4, -0.2) is 56.3 Å². The van der Waals surface area contributed by atoms with E-state index in [0.717, 1.165) is 25.9 Å². The molecule has 1 amide bonds. The third kappa shape index (κ3) is 4.54. The Kier molecular flexibility index (Phi) is 7.16. The third-order valence-electron chi connectivity index (χ3n) is 4.53. The first-order chi connectivity index (χ1) is 11.2. The first-order valence-electron chi connectivity index (χ1n) is 8.14. The van der Waals surface area contributed by atoms with Crippen molar-refractivity contribution in [1.82, 2.24) is 10.2 Å². The fraction of sp³-hybridized carbons (Fsp3) is 0.588. The third-order valence-corrected chi connectivity index (χ3v) is 4.76. The number of likely N-dealkylation sites (tertiary alicyclic amines) is 1. The lowest BCUT2D eigenvalue weighted by atomic mass is 10.1. The molecule has 2 aliphatic heterocycles. The van der Waals surface area contributed by atoms with Gasteiger partial charge in [-0.15, -0.1) is 12.4 Å². The Labute approximate surface area is 154 Å². The zero-order valence-corrected chi connectivity index (χ0v) is 15.4. The number of ether oxygens (including phenoxy) is 2. The number of hydrogen-bond donors (Lipinski definition) is 1. The van der Waals surface area contributed by atoms with Crippen LogP contribution in [0.1, 0.15) is 29.6 Å². The van der Waals surface area contributed by atoms with Gasteiger partial charge < -0.3 is 19.7 Å². The van der Waals surface area contributed by atoms with E-state index in [1.165, 1.54) is 6.42 Å². The van der Waals surface area contributed by atoms with Gasteiger partial charge in [0.2, 0.25) is 0 Å². The first kappa shape index (κ1) is 19.3. The molecule has 0 aromatic heterocycles. The van der Waals surface area contributed by atoms with Gasteiger partial charge in [-0.25, -0.2) is 0 Å². The van der Waals surface area contributed by atoms with Crippen molar-refractivity contribution in [2.75, 3.05) is 33.4 Å². The van der Waals surface area contributed by atoms with E-state index in [1.54, 1.807) is 25.3 Å². The van der Waals surface area contributed by atoms with E-state index in [9.17, 15) is 4.79 Å². The molecule has 0 radical (unpaired) electrons. The summed E-state index contributed by atoms with van der Waals surface area (Å²) in [6, 6.07) is 6.15. The number of methoxy groups -OCH3 is 1. The molecule has 1 aromatic rings. The molecule has 5 nitrogen and oxygen atoms in total. The number of fused-ring (bicyclic) bond motifs is 2. The highest BCUT2D eigenvalue weighted by Crippen LogP contribution is 2.27. The minimum Gasteiger partial charge on any atom is -0.490 e. The zero-order chi connectivity index (χ0) is 16.2. The first-order valence-corrected chi connectivity index (χ1v) is 8.52. The maximum Gasteiger partial charge on any atom is 0.257 e. The summed E-state index contributed by atoms with van der Waals surface area (Å²) in [5.41, 5.74) is 0.534. The number of amides is 1. The molecule has 2 saturated heterocycles. The molecule has 1 N–H and O–H groups in total. The standard InChI is InChI=1S/C17H23ClN2O3.ClH/c1-22-8-9-23-16-5-2-12(18)10-15(16)17(21)20-7-6-13-3-4-14(11-20)19-13;/h2,5,10,13-14,19H,3-4,6-9,11H2,1H3;1H. The van der Waals surface area contributed by atoms with Gasteiger partial charge in [0.25, 0.3) is 5.91 Å². The Balaban J connectivity index is 0.00000208. The highest BCUT2D eigenvalue weighted by Gasteiger charge is 2.32. The monoisotopic (exact) mass is 374 g/mol. The van der Waals surface area contributed by atoms with Crippen LogP contribution in [0.25, 0.3) is 0 Å². The highest BCUT2D eigenvalue weighted by atomic mass is 35.5. The molecule has 0 aliphatic carbocycles. The lowest BCUT2D eigenvalue weighted by molar-refractivity contribution is 0.0741. The number of carbonyl (C=O) groups is 1. The topological polar surface area (TPSA) is 50.8 Å². The van der Waals surface area contributed by atoms with Crippen molar-refractivity contribution in [1.29, 1.82) is 0 Å². The van der Waals surface area contributed by atoms with E-state index in [1.807, 2.05) is 4.90 Å². The van der Waals surface area contributed by atoms with Gasteiger partial charge >= 0.3 is 0 Å².